The molecule has 0 fully saturated rings. The molecule has 0 atom stereocenters. The van der Waals surface area contributed by atoms with Gasteiger partial charge in [0.25, 0.3) is 0 Å². The first-order valence-electron chi connectivity index (χ1n) is 9.41. The van der Waals surface area contributed by atoms with Crippen LogP contribution in [-0.2, 0) is 17.6 Å². The number of aromatic nitrogens is 3. The Kier molecular flexibility index (Phi) is 6.98. The highest BCUT2D eigenvalue weighted by molar-refractivity contribution is 6.30. The lowest BCUT2D eigenvalue weighted by Gasteiger charge is -2.05. The summed E-state index contributed by atoms with van der Waals surface area (Å²) in [5, 5.41) is 5.61. The van der Waals surface area contributed by atoms with Gasteiger partial charge < -0.3 is 5.73 Å². The van der Waals surface area contributed by atoms with Crippen molar-refractivity contribution in [3.63, 3.8) is 0 Å². The molecule has 0 bridgehead atoms. The number of hydrogen-bond donors (Lipinski definition) is 1. The molecule has 6 heteroatoms. The lowest BCUT2D eigenvalue weighted by Crippen LogP contribution is -2.00. The first-order chi connectivity index (χ1) is 14.1. The van der Waals surface area contributed by atoms with Crippen molar-refractivity contribution in [2.75, 3.05) is 0 Å². The average Bonchev–Trinajstić information content (AvgIpc) is 3.13. The van der Waals surface area contributed by atoms with Crippen LogP contribution >= 0.6 is 11.6 Å². The molecule has 0 radical (unpaired) electrons. The second-order valence-electron chi connectivity index (χ2n) is 6.72. The van der Waals surface area contributed by atoms with Crippen LogP contribution in [0.5, 0.6) is 0 Å². The van der Waals surface area contributed by atoms with Crippen LogP contribution in [0.2, 0.25) is 5.02 Å². The van der Waals surface area contributed by atoms with E-state index in [1.54, 1.807) is 0 Å². The van der Waals surface area contributed by atoms with Gasteiger partial charge in [-0.1, -0.05) is 53.6 Å². The molecule has 0 unspecified atom stereocenters. The van der Waals surface area contributed by atoms with Gasteiger partial charge in [-0.15, -0.1) is 0 Å². The average molecular weight is 407 g/mol. The van der Waals surface area contributed by atoms with Gasteiger partial charge in [0.15, 0.2) is 5.65 Å². The third-order valence-corrected chi connectivity index (χ3v) is 4.79. The number of primary amides is 1. The number of rotatable bonds is 5. The molecular weight excluding hydrogens is 384 g/mol. The van der Waals surface area contributed by atoms with Gasteiger partial charge in [0.1, 0.15) is 0 Å². The maximum Gasteiger partial charge on any atom is 0.204 e. The zero-order chi connectivity index (χ0) is 20.6. The summed E-state index contributed by atoms with van der Waals surface area (Å²) in [4.78, 5) is 13.1. The number of fused-ring (bicyclic) bond motifs is 1. The van der Waals surface area contributed by atoms with Gasteiger partial charge in [-0.25, -0.2) is 9.50 Å². The zero-order valence-electron chi connectivity index (χ0n) is 16.3. The Balaban J connectivity index is 0.000000755. The van der Waals surface area contributed by atoms with E-state index in [0.717, 1.165) is 46.9 Å². The number of nitrogens with two attached hydrogens (primary N) is 1. The second-order valence-corrected chi connectivity index (χ2v) is 7.16. The van der Waals surface area contributed by atoms with Gasteiger partial charge in [0.2, 0.25) is 6.41 Å². The summed E-state index contributed by atoms with van der Waals surface area (Å²) in [6.45, 7) is 2.09. The number of benzene rings is 2. The largest absolute Gasteiger partial charge is 0.372 e. The number of carbonyl (C=O) groups excluding carboxylic acids is 1. The highest BCUT2D eigenvalue weighted by atomic mass is 35.5. The van der Waals surface area contributed by atoms with E-state index in [1.165, 1.54) is 11.1 Å². The number of amides is 1. The minimum Gasteiger partial charge on any atom is -0.372 e. The molecule has 148 valence electrons. The Labute approximate surface area is 175 Å². The fourth-order valence-corrected chi connectivity index (χ4v) is 3.34. The van der Waals surface area contributed by atoms with E-state index in [1.807, 2.05) is 35.0 Å². The molecule has 0 saturated heterocycles. The van der Waals surface area contributed by atoms with Crippen molar-refractivity contribution in [1.29, 1.82) is 0 Å². The van der Waals surface area contributed by atoms with Crippen LogP contribution in [0.1, 0.15) is 23.2 Å². The molecule has 2 aromatic heterocycles. The van der Waals surface area contributed by atoms with Crippen molar-refractivity contribution in [2.45, 2.75) is 26.2 Å². The van der Waals surface area contributed by atoms with Gasteiger partial charge in [-0.2, -0.15) is 5.10 Å². The van der Waals surface area contributed by atoms with Gasteiger partial charge >= 0.3 is 0 Å². The minimum absolute atomic E-state index is 0.250. The fraction of sp³-hybridized carbons (Fsp3) is 0.174. The Morgan fingerprint density at radius 1 is 1.07 bits per heavy atom. The summed E-state index contributed by atoms with van der Waals surface area (Å²) in [5.41, 5.74) is 10.8. The molecule has 2 aromatic carbocycles. The van der Waals surface area contributed by atoms with Crippen LogP contribution < -0.4 is 5.73 Å². The van der Waals surface area contributed by atoms with Crippen molar-refractivity contribution < 1.29 is 4.79 Å². The molecule has 29 heavy (non-hydrogen) atoms. The summed E-state index contributed by atoms with van der Waals surface area (Å²) in [6, 6.07) is 20.6. The van der Waals surface area contributed by atoms with E-state index >= 15 is 0 Å². The van der Waals surface area contributed by atoms with Crippen molar-refractivity contribution in [3.05, 3.63) is 88.7 Å². The van der Waals surface area contributed by atoms with Crippen molar-refractivity contribution in [1.82, 2.24) is 14.6 Å². The summed E-state index contributed by atoms with van der Waals surface area (Å²) in [7, 11) is 0. The van der Waals surface area contributed by atoms with Crippen LogP contribution in [0.3, 0.4) is 0 Å². The Morgan fingerprint density at radius 2 is 1.83 bits per heavy atom. The first-order valence-corrected chi connectivity index (χ1v) is 9.79. The van der Waals surface area contributed by atoms with Crippen molar-refractivity contribution in [2.24, 2.45) is 5.73 Å². The predicted octanol–water partition coefficient (Wildman–Crippen LogP) is 4.63. The highest BCUT2D eigenvalue weighted by Gasteiger charge is 2.08. The molecule has 0 spiro atoms. The Hall–Kier alpha value is -3.18. The number of carbonyl (C=O) groups is 1. The molecular formula is C23H23ClN4O. The maximum atomic E-state index is 8.58. The van der Waals surface area contributed by atoms with E-state index in [0.29, 0.717) is 0 Å². The number of halogens is 1. The smallest absolute Gasteiger partial charge is 0.204 e. The quantitative estimate of drug-likeness (QED) is 0.491. The number of nitrogens with zero attached hydrogens (tertiary/aromatic N) is 3. The topological polar surface area (TPSA) is 73.3 Å². The van der Waals surface area contributed by atoms with E-state index in [4.69, 9.17) is 21.5 Å². The summed E-state index contributed by atoms with van der Waals surface area (Å²) in [6.07, 6.45) is 5.10. The van der Waals surface area contributed by atoms with Crippen LogP contribution in [0.4, 0.5) is 0 Å². The van der Waals surface area contributed by atoms with E-state index in [-0.39, 0.29) is 6.41 Å². The van der Waals surface area contributed by atoms with Crippen molar-refractivity contribution >= 4 is 23.7 Å². The molecule has 0 saturated carbocycles. The number of imidazole rings is 1. The minimum atomic E-state index is 0.250. The third-order valence-electron chi connectivity index (χ3n) is 4.55. The number of aryl methyl sites for hydroxylation is 3. The SMILES string of the molecule is Cc1ccc(-c2cnc3ccc(CCCc4cccc(Cl)c4)nn23)cc1.NC=O. The zero-order valence-corrected chi connectivity index (χ0v) is 17.0. The molecule has 2 N–H and O–H groups in total. The number of hydrogen-bond acceptors (Lipinski definition) is 3. The Bertz CT molecular complexity index is 1090. The molecule has 4 aromatic rings. The third kappa shape index (κ3) is 5.42. The summed E-state index contributed by atoms with van der Waals surface area (Å²) < 4.78 is 1.94. The van der Waals surface area contributed by atoms with Gasteiger partial charge in [-0.3, -0.25) is 4.79 Å². The highest BCUT2D eigenvalue weighted by Crippen LogP contribution is 2.21. The van der Waals surface area contributed by atoms with Gasteiger partial charge in [0, 0.05) is 10.6 Å². The van der Waals surface area contributed by atoms with Crippen LogP contribution in [0.15, 0.2) is 66.9 Å². The lowest BCUT2D eigenvalue weighted by atomic mass is 10.1. The summed E-state index contributed by atoms with van der Waals surface area (Å²) >= 11 is 6.06. The predicted molar refractivity (Wildman–Crippen MR) is 117 cm³/mol. The second kappa shape index (κ2) is 9.85. The van der Waals surface area contributed by atoms with Crippen LogP contribution in [0, 0.1) is 6.92 Å². The molecule has 4 rings (SSSR count). The molecule has 5 nitrogen and oxygen atoms in total. The first kappa shape index (κ1) is 20.6. The summed E-state index contributed by atoms with van der Waals surface area (Å²) in [5.74, 6) is 0. The molecule has 0 aliphatic heterocycles. The van der Waals surface area contributed by atoms with Crippen LogP contribution in [-0.4, -0.2) is 21.0 Å². The van der Waals surface area contributed by atoms with Crippen molar-refractivity contribution in [3.8, 4) is 11.3 Å². The van der Waals surface area contributed by atoms with Gasteiger partial charge in [0.05, 0.1) is 17.6 Å². The van der Waals surface area contributed by atoms with Crippen LogP contribution in [0.25, 0.3) is 16.9 Å². The molecule has 0 aliphatic rings. The van der Waals surface area contributed by atoms with E-state index < -0.39 is 0 Å². The monoisotopic (exact) mass is 406 g/mol. The maximum absolute atomic E-state index is 8.58. The van der Waals surface area contributed by atoms with Gasteiger partial charge in [-0.05, 0) is 56.0 Å². The molecule has 0 aliphatic carbocycles. The lowest BCUT2D eigenvalue weighted by molar-refractivity contribution is -0.106. The Morgan fingerprint density at radius 3 is 2.55 bits per heavy atom. The van der Waals surface area contributed by atoms with E-state index in [9.17, 15) is 0 Å². The molecule has 2 heterocycles. The fourth-order valence-electron chi connectivity index (χ4n) is 3.13. The normalized spacial score (nSPS) is 10.4. The molecule has 1 amide bonds. The standard InChI is InChI=1S/C22H20ClN3.CH3NO/c1-16-8-10-18(11-9-16)21-15-24-22-13-12-20(25-26(21)22)7-3-5-17-4-2-6-19(23)14-17;2-1-3/h2,4,6,8-15H,3,5,7H2,1H3;1H,(H2,2,3). The van der Waals surface area contributed by atoms with E-state index in [2.05, 4.69) is 54.0 Å².